The lowest BCUT2D eigenvalue weighted by Crippen LogP contribution is -1.95. The highest BCUT2D eigenvalue weighted by Gasteiger charge is 2.17. The Morgan fingerprint density at radius 2 is 1.19 bits per heavy atom. The van der Waals surface area contributed by atoms with Crippen molar-refractivity contribution in [2.24, 2.45) is 0 Å². The Morgan fingerprint density at radius 1 is 0.500 bits per heavy atom. The minimum atomic E-state index is 0.400. The number of nitrogens with zero attached hydrogens (tertiary/aromatic N) is 1. The molecule has 0 amide bonds. The first-order chi connectivity index (χ1) is 17.5. The Balaban J connectivity index is 1.62. The molecule has 0 saturated heterocycles. The standard InChI is InChI=1S/C35H29N/c1-20(2)26-13-14-30-28-9-5-7-22-8-6-10-29(33(22)28)32-19-25(18-31(26)34(30)32)23-11-12-27-24(17-23)15-16-36-35(27)21(3)4/h5-21H,1-4H3. The number of hydrogen-bond donors (Lipinski definition) is 0. The fraction of sp³-hybridized carbons (Fsp3) is 0.171. The van der Waals surface area contributed by atoms with Crippen LogP contribution in [0.2, 0.25) is 0 Å². The average Bonchev–Trinajstić information content (AvgIpc) is 2.90. The van der Waals surface area contributed by atoms with Crippen LogP contribution in [0, 0.1) is 0 Å². The van der Waals surface area contributed by atoms with Gasteiger partial charge in [0, 0.05) is 11.6 Å². The van der Waals surface area contributed by atoms with Crippen LogP contribution in [0.4, 0.5) is 0 Å². The first-order valence-corrected chi connectivity index (χ1v) is 13.0. The number of benzene rings is 6. The molecule has 0 aliphatic rings. The highest BCUT2D eigenvalue weighted by atomic mass is 14.7. The van der Waals surface area contributed by atoms with E-state index in [2.05, 4.69) is 118 Å². The highest BCUT2D eigenvalue weighted by molar-refractivity contribution is 6.33. The summed E-state index contributed by atoms with van der Waals surface area (Å²) in [5, 5.41) is 13.3. The second kappa shape index (κ2) is 7.77. The van der Waals surface area contributed by atoms with Gasteiger partial charge in [-0.1, -0.05) is 88.4 Å². The molecule has 0 N–H and O–H groups in total. The van der Waals surface area contributed by atoms with Gasteiger partial charge in [-0.05, 0) is 101 Å². The van der Waals surface area contributed by atoms with Crippen LogP contribution in [0.25, 0.3) is 65.0 Å². The molecule has 0 fully saturated rings. The van der Waals surface area contributed by atoms with Crippen molar-refractivity contribution < 1.29 is 0 Å². The molecule has 0 unspecified atom stereocenters. The maximum absolute atomic E-state index is 4.67. The third kappa shape index (κ3) is 2.99. The topological polar surface area (TPSA) is 12.9 Å². The molecule has 6 aromatic carbocycles. The van der Waals surface area contributed by atoms with E-state index in [-0.39, 0.29) is 0 Å². The number of rotatable bonds is 3. The van der Waals surface area contributed by atoms with Gasteiger partial charge in [0.15, 0.2) is 0 Å². The SMILES string of the molecule is CC(C)c1nccc2cc(-c3cc4c(C(C)C)ccc5c6cccc7cccc(c(c3)c45)c76)ccc12. The van der Waals surface area contributed by atoms with Gasteiger partial charge in [-0.3, -0.25) is 4.98 Å². The molecule has 7 rings (SSSR count). The maximum atomic E-state index is 4.67. The number of fused-ring (bicyclic) bond motifs is 3. The van der Waals surface area contributed by atoms with Crippen molar-refractivity contribution >= 4 is 53.9 Å². The maximum Gasteiger partial charge on any atom is 0.0507 e. The van der Waals surface area contributed by atoms with Crippen molar-refractivity contribution in [1.29, 1.82) is 0 Å². The van der Waals surface area contributed by atoms with E-state index in [4.69, 9.17) is 0 Å². The van der Waals surface area contributed by atoms with Crippen LogP contribution in [0.5, 0.6) is 0 Å². The van der Waals surface area contributed by atoms with Gasteiger partial charge in [-0.2, -0.15) is 0 Å². The molecule has 36 heavy (non-hydrogen) atoms. The largest absolute Gasteiger partial charge is 0.260 e. The van der Waals surface area contributed by atoms with Gasteiger partial charge < -0.3 is 0 Å². The fourth-order valence-electron chi connectivity index (χ4n) is 6.24. The summed E-state index contributed by atoms with van der Waals surface area (Å²) in [6, 6.07) is 32.0. The van der Waals surface area contributed by atoms with Crippen molar-refractivity contribution in [2.75, 3.05) is 0 Å². The minimum Gasteiger partial charge on any atom is -0.260 e. The van der Waals surface area contributed by atoms with E-state index in [1.165, 1.54) is 76.2 Å². The van der Waals surface area contributed by atoms with E-state index in [9.17, 15) is 0 Å². The number of hydrogen-bond acceptors (Lipinski definition) is 1. The van der Waals surface area contributed by atoms with Crippen LogP contribution in [-0.4, -0.2) is 4.98 Å². The quantitative estimate of drug-likeness (QED) is 0.188. The zero-order valence-corrected chi connectivity index (χ0v) is 21.3. The van der Waals surface area contributed by atoms with E-state index in [0.717, 1.165) is 0 Å². The molecule has 0 spiro atoms. The van der Waals surface area contributed by atoms with Gasteiger partial charge in [0.1, 0.15) is 0 Å². The zero-order valence-electron chi connectivity index (χ0n) is 21.3. The normalized spacial score (nSPS) is 12.4. The predicted octanol–water partition coefficient (Wildman–Crippen LogP) is 10.2. The van der Waals surface area contributed by atoms with Gasteiger partial charge in [0.25, 0.3) is 0 Å². The van der Waals surface area contributed by atoms with Gasteiger partial charge in [-0.15, -0.1) is 0 Å². The summed E-state index contributed by atoms with van der Waals surface area (Å²) in [6.45, 7) is 9.04. The predicted molar refractivity (Wildman–Crippen MR) is 157 cm³/mol. The molecule has 0 aliphatic carbocycles. The molecule has 0 bridgehead atoms. The summed E-state index contributed by atoms with van der Waals surface area (Å²) in [5.41, 5.74) is 5.11. The summed E-state index contributed by atoms with van der Waals surface area (Å²) >= 11 is 0. The average molecular weight is 464 g/mol. The summed E-state index contributed by atoms with van der Waals surface area (Å²) in [4.78, 5) is 4.67. The Labute approximate surface area is 211 Å². The van der Waals surface area contributed by atoms with Crippen molar-refractivity contribution in [3.63, 3.8) is 0 Å². The van der Waals surface area contributed by atoms with E-state index in [1.807, 2.05) is 6.20 Å². The monoisotopic (exact) mass is 463 g/mol. The van der Waals surface area contributed by atoms with Crippen molar-refractivity contribution in [3.05, 3.63) is 102 Å². The van der Waals surface area contributed by atoms with E-state index >= 15 is 0 Å². The van der Waals surface area contributed by atoms with Gasteiger partial charge in [-0.25, -0.2) is 0 Å². The molecule has 0 aliphatic heterocycles. The molecule has 1 nitrogen and oxygen atoms in total. The Bertz CT molecular complexity index is 1940. The molecule has 1 heterocycles. The zero-order chi connectivity index (χ0) is 24.6. The van der Waals surface area contributed by atoms with Crippen LogP contribution in [-0.2, 0) is 0 Å². The van der Waals surface area contributed by atoms with Gasteiger partial charge >= 0.3 is 0 Å². The molecule has 0 atom stereocenters. The molecular weight excluding hydrogens is 434 g/mol. The van der Waals surface area contributed by atoms with Crippen LogP contribution < -0.4 is 0 Å². The molecular formula is C35H29N. The second-order valence-corrected chi connectivity index (χ2v) is 10.8. The molecule has 1 heteroatoms. The number of aromatic nitrogens is 1. The van der Waals surface area contributed by atoms with Crippen molar-refractivity contribution in [3.8, 4) is 11.1 Å². The molecule has 0 saturated carbocycles. The van der Waals surface area contributed by atoms with E-state index in [0.29, 0.717) is 11.8 Å². The van der Waals surface area contributed by atoms with Crippen LogP contribution in [0.15, 0.2) is 91.1 Å². The third-order valence-electron chi connectivity index (χ3n) is 7.93. The Hall–Kier alpha value is -3.97. The minimum absolute atomic E-state index is 0.400. The highest BCUT2D eigenvalue weighted by Crippen LogP contribution is 2.44. The van der Waals surface area contributed by atoms with Crippen molar-refractivity contribution in [1.82, 2.24) is 4.98 Å². The Kier molecular flexibility index (Phi) is 4.60. The van der Waals surface area contributed by atoms with E-state index in [1.54, 1.807) is 0 Å². The lowest BCUT2D eigenvalue weighted by molar-refractivity contribution is 0.834. The lowest BCUT2D eigenvalue weighted by Gasteiger charge is -2.19. The fourth-order valence-corrected chi connectivity index (χ4v) is 6.24. The smallest absolute Gasteiger partial charge is 0.0507 e. The van der Waals surface area contributed by atoms with Crippen LogP contribution in [0.1, 0.15) is 50.8 Å². The van der Waals surface area contributed by atoms with Gasteiger partial charge in [0.05, 0.1) is 5.69 Å². The molecule has 1 aromatic heterocycles. The molecule has 7 aromatic rings. The summed E-state index contributed by atoms with van der Waals surface area (Å²) < 4.78 is 0. The van der Waals surface area contributed by atoms with Crippen LogP contribution in [0.3, 0.4) is 0 Å². The first kappa shape index (κ1) is 21.3. The number of pyridine rings is 1. The van der Waals surface area contributed by atoms with E-state index < -0.39 is 0 Å². The summed E-state index contributed by atoms with van der Waals surface area (Å²) in [5.74, 6) is 0.851. The van der Waals surface area contributed by atoms with Gasteiger partial charge in [0.2, 0.25) is 0 Å². The summed E-state index contributed by atoms with van der Waals surface area (Å²) in [6.07, 6.45) is 1.95. The van der Waals surface area contributed by atoms with Crippen LogP contribution >= 0.6 is 0 Å². The lowest BCUT2D eigenvalue weighted by atomic mass is 9.84. The molecule has 174 valence electrons. The first-order valence-electron chi connectivity index (χ1n) is 13.0. The Morgan fingerprint density at radius 3 is 1.94 bits per heavy atom. The second-order valence-electron chi connectivity index (χ2n) is 10.8. The van der Waals surface area contributed by atoms with Crippen molar-refractivity contribution in [2.45, 2.75) is 39.5 Å². The third-order valence-corrected chi connectivity index (χ3v) is 7.93. The molecule has 0 radical (unpaired) electrons. The summed E-state index contributed by atoms with van der Waals surface area (Å²) in [7, 11) is 0.